The van der Waals surface area contributed by atoms with Crippen LogP contribution in [0.4, 0.5) is 4.79 Å². The third-order valence-corrected chi connectivity index (χ3v) is 6.31. The van der Waals surface area contributed by atoms with Crippen molar-refractivity contribution in [2.24, 2.45) is 5.73 Å². The summed E-state index contributed by atoms with van der Waals surface area (Å²) in [7, 11) is 1.59. The number of likely N-dealkylation sites (tertiary alicyclic amines) is 1. The van der Waals surface area contributed by atoms with E-state index in [1.165, 1.54) is 16.2 Å². The molecule has 5 amide bonds. The summed E-state index contributed by atoms with van der Waals surface area (Å²) in [6, 6.07) is 11.3. The highest BCUT2D eigenvalue weighted by Gasteiger charge is 2.48. The van der Waals surface area contributed by atoms with Crippen LogP contribution >= 0.6 is 11.3 Å². The van der Waals surface area contributed by atoms with Crippen molar-refractivity contribution in [3.8, 4) is 0 Å². The summed E-state index contributed by atoms with van der Waals surface area (Å²) in [5, 5.41) is 7.26. The molecule has 0 spiro atoms. The molecule has 1 aliphatic heterocycles. The minimum Gasteiger partial charge on any atom is -0.352 e. The molecule has 1 unspecified atom stereocenters. The van der Waals surface area contributed by atoms with E-state index in [9.17, 15) is 19.2 Å². The number of carbonyl (C=O) groups is 4. The van der Waals surface area contributed by atoms with Gasteiger partial charge in [-0.1, -0.05) is 43.3 Å². The summed E-state index contributed by atoms with van der Waals surface area (Å²) in [6.07, 6.45) is 0.373. The number of benzene rings is 1. The standard InChI is InChI=1S/C22H27N5O4S/c1-3-16(24-21(23)31)19(29)25-22(15-8-5-4-6-9-15)13-27(14-22)18(28)12-26(2)20(30)17-10-7-11-32-17/h4-11,16H,3,12-14H2,1-2H3,(H,25,29)(H3,23,24,31). The van der Waals surface area contributed by atoms with Gasteiger partial charge in [-0.05, 0) is 23.4 Å². The second-order valence-corrected chi connectivity index (χ2v) is 8.74. The molecule has 2 aromatic rings. The summed E-state index contributed by atoms with van der Waals surface area (Å²) in [6.45, 7) is 2.23. The monoisotopic (exact) mass is 457 g/mol. The maximum atomic E-state index is 12.8. The molecule has 170 valence electrons. The number of nitrogens with two attached hydrogens (primary N) is 1. The molecule has 0 bridgehead atoms. The quantitative estimate of drug-likeness (QED) is 0.549. The molecule has 4 N–H and O–H groups in total. The van der Waals surface area contributed by atoms with Crippen LogP contribution in [0, 0.1) is 0 Å². The van der Waals surface area contributed by atoms with Crippen LogP contribution in [0.2, 0.25) is 0 Å². The highest BCUT2D eigenvalue weighted by Crippen LogP contribution is 2.32. The Kier molecular flexibility index (Phi) is 7.14. The second-order valence-electron chi connectivity index (χ2n) is 7.80. The van der Waals surface area contributed by atoms with Crippen molar-refractivity contribution in [3.63, 3.8) is 0 Å². The molecule has 1 saturated heterocycles. The molecule has 1 aromatic heterocycles. The Hall–Kier alpha value is -3.40. The second kappa shape index (κ2) is 9.82. The van der Waals surface area contributed by atoms with E-state index >= 15 is 0 Å². The Balaban J connectivity index is 1.69. The van der Waals surface area contributed by atoms with Gasteiger partial charge in [0.1, 0.15) is 11.6 Å². The topological polar surface area (TPSA) is 125 Å². The lowest BCUT2D eigenvalue weighted by Gasteiger charge is -2.51. The van der Waals surface area contributed by atoms with E-state index in [-0.39, 0.29) is 37.4 Å². The third-order valence-electron chi connectivity index (χ3n) is 5.46. The number of thiophene rings is 1. The average molecular weight is 458 g/mol. The van der Waals surface area contributed by atoms with Crippen LogP contribution in [0.5, 0.6) is 0 Å². The Labute approximate surface area is 190 Å². The Morgan fingerprint density at radius 2 is 1.84 bits per heavy atom. The van der Waals surface area contributed by atoms with Crippen molar-refractivity contribution < 1.29 is 19.2 Å². The van der Waals surface area contributed by atoms with Gasteiger partial charge in [0, 0.05) is 20.1 Å². The average Bonchev–Trinajstić information content (AvgIpc) is 3.28. The Morgan fingerprint density at radius 1 is 1.16 bits per heavy atom. The maximum Gasteiger partial charge on any atom is 0.312 e. The zero-order valence-electron chi connectivity index (χ0n) is 18.0. The number of rotatable bonds is 8. The normalized spacial score (nSPS) is 15.2. The molecule has 1 atom stereocenters. The molecule has 1 aromatic carbocycles. The lowest BCUT2D eigenvalue weighted by Crippen LogP contribution is -2.71. The fourth-order valence-electron chi connectivity index (χ4n) is 3.68. The Morgan fingerprint density at radius 3 is 2.41 bits per heavy atom. The minimum absolute atomic E-state index is 0.0592. The number of nitrogens with one attached hydrogen (secondary N) is 2. The zero-order chi connectivity index (χ0) is 23.3. The van der Waals surface area contributed by atoms with Crippen LogP contribution in [0.15, 0.2) is 47.8 Å². The van der Waals surface area contributed by atoms with Crippen molar-refractivity contribution in [1.29, 1.82) is 0 Å². The lowest BCUT2D eigenvalue weighted by molar-refractivity contribution is -0.144. The van der Waals surface area contributed by atoms with Crippen molar-refractivity contribution in [2.45, 2.75) is 24.9 Å². The maximum absolute atomic E-state index is 12.8. The van der Waals surface area contributed by atoms with E-state index in [2.05, 4.69) is 10.6 Å². The molecule has 0 saturated carbocycles. The third kappa shape index (κ3) is 5.08. The summed E-state index contributed by atoms with van der Waals surface area (Å²) >= 11 is 1.32. The van der Waals surface area contributed by atoms with E-state index in [0.717, 1.165) is 5.56 Å². The molecule has 0 aliphatic carbocycles. The van der Waals surface area contributed by atoms with E-state index in [1.54, 1.807) is 31.0 Å². The fourth-order valence-corrected chi connectivity index (χ4v) is 4.40. The molecular formula is C22H27N5O4S. The number of carbonyl (C=O) groups excluding carboxylic acids is 4. The fraction of sp³-hybridized carbons (Fsp3) is 0.364. The van der Waals surface area contributed by atoms with Gasteiger partial charge in [0.15, 0.2) is 0 Å². The van der Waals surface area contributed by atoms with Crippen molar-refractivity contribution >= 4 is 35.1 Å². The minimum atomic E-state index is -0.781. The summed E-state index contributed by atoms with van der Waals surface area (Å²) in [5.74, 6) is -0.785. The molecule has 1 fully saturated rings. The number of nitrogens with zero attached hydrogens (tertiary/aromatic N) is 2. The number of likely N-dealkylation sites (N-methyl/N-ethyl adjacent to an activating group) is 1. The van der Waals surface area contributed by atoms with E-state index in [1.807, 2.05) is 35.7 Å². The number of hydrogen-bond acceptors (Lipinski definition) is 5. The van der Waals surface area contributed by atoms with Crippen LogP contribution in [0.3, 0.4) is 0 Å². The van der Waals surface area contributed by atoms with Gasteiger partial charge in [-0.15, -0.1) is 11.3 Å². The predicted molar refractivity (Wildman–Crippen MR) is 121 cm³/mol. The number of urea groups is 1. The van der Waals surface area contributed by atoms with Gasteiger partial charge in [-0.2, -0.15) is 0 Å². The predicted octanol–water partition coefficient (Wildman–Crippen LogP) is 1.12. The smallest absolute Gasteiger partial charge is 0.312 e. The van der Waals surface area contributed by atoms with Gasteiger partial charge in [-0.3, -0.25) is 14.4 Å². The number of amides is 5. The SMILES string of the molecule is CCC(NC(N)=O)C(=O)NC1(c2ccccc2)CN(C(=O)CN(C)C(=O)c2cccs2)C1. The molecule has 0 radical (unpaired) electrons. The summed E-state index contributed by atoms with van der Waals surface area (Å²) in [5.41, 5.74) is 5.26. The molecule has 1 aliphatic rings. The first-order chi connectivity index (χ1) is 15.3. The van der Waals surface area contributed by atoms with Crippen molar-refractivity contribution in [2.75, 3.05) is 26.7 Å². The van der Waals surface area contributed by atoms with E-state index in [0.29, 0.717) is 11.3 Å². The van der Waals surface area contributed by atoms with Crippen LogP contribution in [-0.4, -0.2) is 66.3 Å². The lowest BCUT2D eigenvalue weighted by atomic mass is 9.81. The zero-order valence-corrected chi connectivity index (χ0v) is 18.9. The van der Waals surface area contributed by atoms with Gasteiger partial charge < -0.3 is 26.2 Å². The number of hydrogen-bond donors (Lipinski definition) is 3. The van der Waals surface area contributed by atoms with Crippen LogP contribution < -0.4 is 16.4 Å². The number of primary amides is 1. The van der Waals surface area contributed by atoms with Crippen LogP contribution in [-0.2, 0) is 15.1 Å². The van der Waals surface area contributed by atoms with Gasteiger partial charge in [0.05, 0.1) is 11.4 Å². The first-order valence-electron chi connectivity index (χ1n) is 10.3. The largest absolute Gasteiger partial charge is 0.352 e. The summed E-state index contributed by atoms with van der Waals surface area (Å²) in [4.78, 5) is 52.8. The Bertz CT molecular complexity index is 973. The highest BCUT2D eigenvalue weighted by molar-refractivity contribution is 7.12. The van der Waals surface area contributed by atoms with Gasteiger partial charge in [0.2, 0.25) is 11.8 Å². The first kappa shape index (κ1) is 23.3. The van der Waals surface area contributed by atoms with Crippen LogP contribution in [0.25, 0.3) is 0 Å². The first-order valence-corrected chi connectivity index (χ1v) is 11.1. The molecule has 9 nitrogen and oxygen atoms in total. The van der Waals surface area contributed by atoms with Crippen molar-refractivity contribution in [3.05, 3.63) is 58.3 Å². The summed E-state index contributed by atoms with van der Waals surface area (Å²) < 4.78 is 0. The highest BCUT2D eigenvalue weighted by atomic mass is 32.1. The van der Waals surface area contributed by atoms with Crippen molar-refractivity contribution in [1.82, 2.24) is 20.4 Å². The van der Waals surface area contributed by atoms with E-state index in [4.69, 9.17) is 5.73 Å². The molecule has 10 heteroatoms. The molecule has 32 heavy (non-hydrogen) atoms. The van der Waals surface area contributed by atoms with Crippen LogP contribution in [0.1, 0.15) is 28.6 Å². The van der Waals surface area contributed by atoms with Gasteiger partial charge >= 0.3 is 6.03 Å². The van der Waals surface area contributed by atoms with Gasteiger partial charge in [0.25, 0.3) is 5.91 Å². The van der Waals surface area contributed by atoms with E-state index < -0.39 is 17.6 Å². The molecule has 2 heterocycles. The van der Waals surface area contributed by atoms with Gasteiger partial charge in [-0.25, -0.2) is 4.79 Å². The molecular weight excluding hydrogens is 430 g/mol. The molecule has 3 rings (SSSR count).